The number of hydrogen-bond acceptors (Lipinski definition) is 5. The molecular weight excluding hydrogens is 380 g/mol. The number of benzene rings is 1. The normalized spacial score (nSPS) is 19.5. The van der Waals surface area contributed by atoms with Crippen molar-refractivity contribution in [2.24, 2.45) is 5.41 Å². The summed E-state index contributed by atoms with van der Waals surface area (Å²) in [6, 6.07) is 8.95. The van der Waals surface area contributed by atoms with E-state index in [1.807, 2.05) is 30.3 Å². The Morgan fingerprint density at radius 3 is 2.68 bits per heavy atom. The molecule has 4 rings (SSSR count). The second-order valence-electron chi connectivity index (χ2n) is 7.40. The number of carbonyl (C=O) groups is 2. The lowest BCUT2D eigenvalue weighted by atomic mass is 10.0. The van der Waals surface area contributed by atoms with E-state index < -0.39 is 12.1 Å². The quantitative estimate of drug-likeness (QED) is 0.834. The van der Waals surface area contributed by atoms with Crippen molar-refractivity contribution in [1.29, 1.82) is 0 Å². The summed E-state index contributed by atoms with van der Waals surface area (Å²) in [7, 11) is 0. The van der Waals surface area contributed by atoms with Crippen molar-refractivity contribution in [3.8, 4) is 0 Å². The van der Waals surface area contributed by atoms with Gasteiger partial charge in [-0.25, -0.2) is 9.78 Å². The van der Waals surface area contributed by atoms with Crippen LogP contribution in [0.2, 0.25) is 5.15 Å². The minimum atomic E-state index is -0.541. The van der Waals surface area contributed by atoms with Gasteiger partial charge in [0.05, 0.1) is 12.2 Å². The third kappa shape index (κ3) is 4.09. The fraction of sp³-hybridized carbons (Fsp3) is 0.400. The smallest absolute Gasteiger partial charge is 0.410 e. The molecule has 7 nitrogen and oxygen atoms in total. The summed E-state index contributed by atoms with van der Waals surface area (Å²) in [5.74, 6) is -0.220. The Kier molecular flexibility index (Phi) is 5.17. The van der Waals surface area contributed by atoms with E-state index in [1.165, 1.54) is 12.4 Å². The van der Waals surface area contributed by atoms with Crippen LogP contribution in [-0.4, -0.2) is 39.5 Å². The lowest BCUT2D eigenvalue weighted by Crippen LogP contribution is -2.46. The third-order valence-corrected chi connectivity index (χ3v) is 5.68. The van der Waals surface area contributed by atoms with Crippen LogP contribution >= 0.6 is 11.6 Å². The zero-order valence-electron chi connectivity index (χ0n) is 15.3. The van der Waals surface area contributed by atoms with Crippen molar-refractivity contribution >= 4 is 23.6 Å². The predicted octanol–water partition coefficient (Wildman–Crippen LogP) is 2.94. The van der Waals surface area contributed by atoms with Crippen LogP contribution in [0, 0.1) is 5.41 Å². The van der Waals surface area contributed by atoms with Crippen molar-refractivity contribution < 1.29 is 14.3 Å². The number of nitrogens with one attached hydrogen (secondary N) is 1. The van der Waals surface area contributed by atoms with E-state index >= 15 is 0 Å². The Morgan fingerprint density at radius 2 is 1.96 bits per heavy atom. The number of nitrogens with zero attached hydrogens (tertiary/aromatic N) is 3. The zero-order valence-corrected chi connectivity index (χ0v) is 16.1. The topological polar surface area (TPSA) is 84.4 Å². The average Bonchev–Trinajstić information content (AvgIpc) is 3.36. The molecule has 2 heterocycles. The number of rotatable bonds is 5. The fourth-order valence-corrected chi connectivity index (χ4v) is 3.75. The summed E-state index contributed by atoms with van der Waals surface area (Å²) >= 11 is 5.99. The van der Waals surface area contributed by atoms with Crippen LogP contribution < -0.4 is 5.32 Å². The number of ether oxygens (including phenoxy) is 1. The zero-order chi connectivity index (χ0) is 19.6. The molecule has 1 spiro atoms. The van der Waals surface area contributed by atoms with E-state index in [4.69, 9.17) is 16.3 Å². The molecule has 1 aromatic carbocycles. The van der Waals surface area contributed by atoms with Gasteiger partial charge in [-0.1, -0.05) is 41.9 Å². The number of aromatic nitrogens is 2. The van der Waals surface area contributed by atoms with Crippen molar-refractivity contribution in [1.82, 2.24) is 20.2 Å². The molecule has 2 aliphatic rings. The highest BCUT2D eigenvalue weighted by molar-refractivity contribution is 6.29. The molecule has 0 bridgehead atoms. The fourth-order valence-electron chi connectivity index (χ4n) is 3.58. The largest absolute Gasteiger partial charge is 0.445 e. The molecule has 1 atom stereocenters. The Bertz CT molecular complexity index is 873. The molecule has 0 radical (unpaired) electrons. The summed E-state index contributed by atoms with van der Waals surface area (Å²) in [6.45, 7) is 0.916. The molecule has 28 heavy (non-hydrogen) atoms. The third-order valence-electron chi connectivity index (χ3n) is 5.36. The molecule has 1 saturated heterocycles. The first kappa shape index (κ1) is 18.7. The Morgan fingerprint density at radius 1 is 1.21 bits per heavy atom. The Labute approximate surface area is 168 Å². The summed E-state index contributed by atoms with van der Waals surface area (Å²) in [5, 5.41) is 3.09. The van der Waals surface area contributed by atoms with E-state index in [2.05, 4.69) is 15.3 Å². The first-order chi connectivity index (χ1) is 13.6. The van der Waals surface area contributed by atoms with Gasteiger partial charge in [0.25, 0.3) is 0 Å². The monoisotopic (exact) mass is 400 g/mol. The molecule has 8 heteroatoms. The second kappa shape index (κ2) is 7.75. The molecule has 2 amide bonds. The number of halogens is 1. The molecule has 1 aliphatic heterocycles. The summed E-state index contributed by atoms with van der Waals surface area (Å²) in [5.41, 5.74) is 1.47. The van der Waals surface area contributed by atoms with E-state index in [0.29, 0.717) is 18.7 Å². The molecular formula is C20H21ClN4O3. The SMILES string of the molecule is O=C(NCc1nccnc1Cl)[C@@H]1CC2(CC2)CN1C(=O)OCc1ccccc1. The van der Waals surface area contributed by atoms with Crippen molar-refractivity contribution in [2.45, 2.75) is 38.5 Å². The van der Waals surface area contributed by atoms with Gasteiger partial charge in [-0.05, 0) is 30.2 Å². The van der Waals surface area contributed by atoms with E-state index in [9.17, 15) is 9.59 Å². The standard InChI is InChI=1S/C20H21ClN4O3/c21-17-15(22-8-9-23-17)11-24-18(26)16-10-20(6-7-20)13-25(16)19(27)28-12-14-4-2-1-3-5-14/h1-5,8-9,16H,6-7,10-13H2,(H,24,26)/t16-/m0/s1. The minimum Gasteiger partial charge on any atom is -0.445 e. The average molecular weight is 401 g/mol. The highest BCUT2D eigenvalue weighted by atomic mass is 35.5. The summed E-state index contributed by atoms with van der Waals surface area (Å²) < 4.78 is 5.46. The highest BCUT2D eigenvalue weighted by Crippen LogP contribution is 2.54. The van der Waals surface area contributed by atoms with Gasteiger partial charge >= 0.3 is 6.09 Å². The molecule has 1 aromatic heterocycles. The van der Waals surface area contributed by atoms with Gasteiger partial charge in [-0.15, -0.1) is 0 Å². The van der Waals surface area contributed by atoms with E-state index in [-0.39, 0.29) is 29.6 Å². The molecule has 1 N–H and O–H groups in total. The first-order valence-electron chi connectivity index (χ1n) is 9.27. The molecule has 2 fully saturated rings. The maximum atomic E-state index is 12.8. The number of carbonyl (C=O) groups excluding carboxylic acids is 2. The van der Waals surface area contributed by atoms with Gasteiger partial charge in [0.2, 0.25) is 5.91 Å². The molecule has 146 valence electrons. The molecule has 2 aromatic rings. The van der Waals surface area contributed by atoms with Crippen LogP contribution in [0.1, 0.15) is 30.5 Å². The van der Waals surface area contributed by atoms with Crippen LogP contribution in [0.3, 0.4) is 0 Å². The number of amides is 2. The Balaban J connectivity index is 1.39. The molecule has 1 aliphatic carbocycles. The number of hydrogen-bond donors (Lipinski definition) is 1. The van der Waals surface area contributed by atoms with Crippen LogP contribution in [0.4, 0.5) is 4.79 Å². The van der Waals surface area contributed by atoms with Gasteiger partial charge in [0.15, 0.2) is 5.15 Å². The maximum absolute atomic E-state index is 12.8. The lowest BCUT2D eigenvalue weighted by Gasteiger charge is -2.23. The Hall–Kier alpha value is -2.67. The van der Waals surface area contributed by atoms with E-state index in [1.54, 1.807) is 4.90 Å². The highest BCUT2D eigenvalue weighted by Gasteiger charge is 2.55. The van der Waals surface area contributed by atoms with E-state index in [0.717, 1.165) is 18.4 Å². The lowest BCUT2D eigenvalue weighted by molar-refractivity contribution is -0.125. The number of likely N-dealkylation sites (tertiary alicyclic amines) is 1. The first-order valence-corrected chi connectivity index (χ1v) is 9.65. The molecule has 1 saturated carbocycles. The predicted molar refractivity (Wildman–Crippen MR) is 102 cm³/mol. The summed E-state index contributed by atoms with van der Waals surface area (Å²) in [6.07, 6.45) is 5.30. The summed E-state index contributed by atoms with van der Waals surface area (Å²) in [4.78, 5) is 35.1. The van der Waals surface area contributed by atoms with Gasteiger partial charge < -0.3 is 10.1 Å². The van der Waals surface area contributed by atoms with Crippen LogP contribution in [0.25, 0.3) is 0 Å². The van der Waals surface area contributed by atoms with Crippen molar-refractivity contribution in [3.63, 3.8) is 0 Å². The van der Waals surface area contributed by atoms with Crippen molar-refractivity contribution in [2.75, 3.05) is 6.54 Å². The van der Waals surface area contributed by atoms with Gasteiger partial charge in [-0.2, -0.15) is 0 Å². The molecule has 0 unspecified atom stereocenters. The van der Waals surface area contributed by atoms with Gasteiger partial charge in [0.1, 0.15) is 12.6 Å². The second-order valence-corrected chi connectivity index (χ2v) is 7.76. The van der Waals surface area contributed by atoms with Gasteiger partial charge in [-0.3, -0.25) is 14.7 Å². The minimum absolute atomic E-state index is 0.0674. The van der Waals surface area contributed by atoms with Crippen LogP contribution in [0.15, 0.2) is 42.7 Å². The van der Waals surface area contributed by atoms with Crippen LogP contribution in [0.5, 0.6) is 0 Å². The van der Waals surface area contributed by atoms with Gasteiger partial charge in [0, 0.05) is 18.9 Å². The van der Waals surface area contributed by atoms with Crippen LogP contribution in [-0.2, 0) is 22.7 Å². The maximum Gasteiger partial charge on any atom is 0.410 e. The van der Waals surface area contributed by atoms with Crippen molar-refractivity contribution in [3.05, 3.63) is 59.1 Å².